The summed E-state index contributed by atoms with van der Waals surface area (Å²) < 4.78 is 0. The first kappa shape index (κ1) is 27.3. The number of hydrogen-bond donors (Lipinski definition) is 6. The Morgan fingerprint density at radius 2 is 1.25 bits per heavy atom. The number of amides is 1. The SMILES string of the molecule is CCCCCCCCCCCCCCNCCNC(=O)[C@H](O)[C@H](O)[C@H](O)CO. The van der Waals surface area contributed by atoms with E-state index in [9.17, 15) is 20.1 Å². The first-order valence-corrected chi connectivity index (χ1v) is 11.2. The molecular weight excluding hydrogens is 360 g/mol. The van der Waals surface area contributed by atoms with Crippen LogP contribution < -0.4 is 10.6 Å². The van der Waals surface area contributed by atoms with Gasteiger partial charge in [0.15, 0.2) is 6.10 Å². The molecule has 0 bridgehead atoms. The first-order chi connectivity index (χ1) is 13.5. The van der Waals surface area contributed by atoms with Gasteiger partial charge in [-0.05, 0) is 13.0 Å². The molecule has 3 atom stereocenters. The van der Waals surface area contributed by atoms with Gasteiger partial charge in [-0.15, -0.1) is 0 Å². The highest BCUT2D eigenvalue weighted by Crippen LogP contribution is 2.11. The van der Waals surface area contributed by atoms with Crippen molar-refractivity contribution in [3.05, 3.63) is 0 Å². The van der Waals surface area contributed by atoms with E-state index < -0.39 is 30.8 Å². The molecule has 0 aromatic rings. The molecule has 28 heavy (non-hydrogen) atoms. The largest absolute Gasteiger partial charge is 0.394 e. The molecular formula is C21H44N2O5. The summed E-state index contributed by atoms with van der Waals surface area (Å²) in [6.07, 6.45) is 10.8. The van der Waals surface area contributed by atoms with Gasteiger partial charge in [-0.3, -0.25) is 4.79 Å². The number of aliphatic hydroxyl groups is 4. The van der Waals surface area contributed by atoms with Crippen LogP contribution in [0.4, 0.5) is 0 Å². The minimum atomic E-state index is -1.75. The van der Waals surface area contributed by atoms with E-state index in [1.165, 1.54) is 70.6 Å². The lowest BCUT2D eigenvalue weighted by molar-refractivity contribution is -0.142. The fourth-order valence-corrected chi connectivity index (χ4v) is 3.07. The van der Waals surface area contributed by atoms with Gasteiger partial charge in [0.2, 0.25) is 0 Å². The Morgan fingerprint density at radius 3 is 1.75 bits per heavy atom. The Bertz CT molecular complexity index is 358. The van der Waals surface area contributed by atoms with Crippen molar-refractivity contribution in [2.75, 3.05) is 26.2 Å². The fraction of sp³-hybridized carbons (Fsp3) is 0.952. The maximum absolute atomic E-state index is 11.6. The predicted molar refractivity (Wildman–Crippen MR) is 112 cm³/mol. The van der Waals surface area contributed by atoms with E-state index in [4.69, 9.17) is 5.11 Å². The van der Waals surface area contributed by atoms with E-state index in [1.807, 2.05) is 0 Å². The molecule has 0 saturated carbocycles. The molecule has 0 rings (SSSR count). The average molecular weight is 405 g/mol. The summed E-state index contributed by atoms with van der Waals surface area (Å²) >= 11 is 0. The van der Waals surface area contributed by atoms with Crippen molar-refractivity contribution < 1.29 is 25.2 Å². The van der Waals surface area contributed by atoms with Gasteiger partial charge in [-0.2, -0.15) is 0 Å². The summed E-state index contributed by atoms with van der Waals surface area (Å²) in [7, 11) is 0. The highest BCUT2D eigenvalue weighted by molar-refractivity contribution is 5.81. The predicted octanol–water partition coefficient (Wildman–Crippen LogP) is 1.47. The highest BCUT2D eigenvalue weighted by Gasteiger charge is 2.29. The van der Waals surface area contributed by atoms with Crippen molar-refractivity contribution >= 4 is 5.91 Å². The molecule has 0 aliphatic carbocycles. The number of nitrogens with one attached hydrogen (secondary N) is 2. The van der Waals surface area contributed by atoms with Gasteiger partial charge in [0.05, 0.1) is 6.61 Å². The Morgan fingerprint density at radius 1 is 0.750 bits per heavy atom. The lowest BCUT2D eigenvalue weighted by Crippen LogP contribution is -2.49. The van der Waals surface area contributed by atoms with E-state index in [1.54, 1.807) is 0 Å². The minimum absolute atomic E-state index is 0.329. The Labute approximate surface area is 170 Å². The number of carbonyl (C=O) groups excluding carboxylic acids is 1. The zero-order valence-electron chi connectivity index (χ0n) is 17.7. The van der Waals surface area contributed by atoms with Crippen LogP contribution in [0.5, 0.6) is 0 Å². The quantitative estimate of drug-likeness (QED) is 0.171. The number of carbonyl (C=O) groups is 1. The van der Waals surface area contributed by atoms with Crippen LogP contribution in [-0.2, 0) is 4.79 Å². The molecule has 7 heteroatoms. The fourth-order valence-electron chi connectivity index (χ4n) is 3.07. The van der Waals surface area contributed by atoms with Crippen LogP contribution in [0.15, 0.2) is 0 Å². The normalized spacial score (nSPS) is 14.6. The standard InChI is InChI=1S/C21H44N2O5/c1-2-3-4-5-6-7-8-9-10-11-12-13-14-22-15-16-23-21(28)20(27)19(26)18(25)17-24/h18-20,22,24-27H,2-17H2,1H3,(H,23,28)/t18-,19-,20-/m1/s1. The number of rotatable bonds is 20. The second-order valence-corrected chi connectivity index (χ2v) is 7.62. The molecule has 0 fully saturated rings. The van der Waals surface area contributed by atoms with Crippen molar-refractivity contribution in [2.24, 2.45) is 0 Å². The van der Waals surface area contributed by atoms with Crippen LogP contribution in [0.3, 0.4) is 0 Å². The van der Waals surface area contributed by atoms with Gasteiger partial charge in [0.1, 0.15) is 12.2 Å². The molecule has 0 spiro atoms. The zero-order chi connectivity index (χ0) is 21.0. The summed E-state index contributed by atoms with van der Waals surface area (Å²) in [6, 6.07) is 0. The number of unbranched alkanes of at least 4 members (excludes halogenated alkanes) is 11. The summed E-state index contributed by atoms with van der Waals surface area (Å²) in [4.78, 5) is 11.6. The van der Waals surface area contributed by atoms with E-state index >= 15 is 0 Å². The summed E-state index contributed by atoms with van der Waals surface area (Å²) in [5.41, 5.74) is 0. The van der Waals surface area contributed by atoms with Gasteiger partial charge in [-0.25, -0.2) is 0 Å². The van der Waals surface area contributed by atoms with Crippen molar-refractivity contribution in [3.63, 3.8) is 0 Å². The third kappa shape index (κ3) is 15.2. The molecule has 1 amide bonds. The molecule has 0 aromatic carbocycles. The third-order valence-electron chi connectivity index (χ3n) is 4.98. The van der Waals surface area contributed by atoms with Crippen LogP contribution >= 0.6 is 0 Å². The molecule has 6 N–H and O–H groups in total. The summed E-state index contributed by atoms with van der Waals surface area (Å²) in [5, 5.41) is 42.6. The molecule has 0 aromatic heterocycles. The summed E-state index contributed by atoms with van der Waals surface area (Å²) in [5.74, 6) is -0.757. The molecule has 0 aliphatic heterocycles. The van der Waals surface area contributed by atoms with Crippen molar-refractivity contribution in [2.45, 2.75) is 102 Å². The molecule has 0 saturated heterocycles. The zero-order valence-corrected chi connectivity index (χ0v) is 17.7. The van der Waals surface area contributed by atoms with E-state index in [0.717, 1.165) is 13.0 Å². The van der Waals surface area contributed by atoms with Crippen molar-refractivity contribution in [1.82, 2.24) is 10.6 Å². The van der Waals surface area contributed by atoms with Crippen LogP contribution in [0.25, 0.3) is 0 Å². The van der Waals surface area contributed by atoms with Gasteiger partial charge in [0, 0.05) is 13.1 Å². The van der Waals surface area contributed by atoms with Crippen LogP contribution in [0.1, 0.15) is 84.0 Å². The second-order valence-electron chi connectivity index (χ2n) is 7.62. The second kappa shape index (κ2) is 19.6. The highest BCUT2D eigenvalue weighted by atomic mass is 16.4. The van der Waals surface area contributed by atoms with Gasteiger partial charge in [-0.1, -0.05) is 77.6 Å². The third-order valence-corrected chi connectivity index (χ3v) is 4.98. The van der Waals surface area contributed by atoms with Crippen molar-refractivity contribution in [3.8, 4) is 0 Å². The summed E-state index contributed by atoms with van der Waals surface area (Å²) in [6.45, 7) is 3.33. The maximum Gasteiger partial charge on any atom is 0.251 e. The molecule has 0 aliphatic rings. The Hall–Kier alpha value is -0.730. The van der Waals surface area contributed by atoms with Crippen LogP contribution in [-0.4, -0.2) is 70.9 Å². The minimum Gasteiger partial charge on any atom is -0.394 e. The molecule has 0 radical (unpaired) electrons. The van der Waals surface area contributed by atoms with Gasteiger partial charge < -0.3 is 31.1 Å². The molecule has 0 unspecified atom stereocenters. The van der Waals surface area contributed by atoms with E-state index in [0.29, 0.717) is 13.1 Å². The maximum atomic E-state index is 11.6. The first-order valence-electron chi connectivity index (χ1n) is 11.2. The lowest BCUT2D eigenvalue weighted by Gasteiger charge is -2.20. The lowest BCUT2D eigenvalue weighted by atomic mass is 10.1. The smallest absolute Gasteiger partial charge is 0.251 e. The molecule has 0 heterocycles. The van der Waals surface area contributed by atoms with Crippen molar-refractivity contribution in [1.29, 1.82) is 0 Å². The Kier molecular flexibility index (Phi) is 19.1. The molecule has 7 nitrogen and oxygen atoms in total. The number of aliphatic hydroxyl groups excluding tert-OH is 4. The van der Waals surface area contributed by atoms with Gasteiger partial charge in [0.25, 0.3) is 5.91 Å². The van der Waals surface area contributed by atoms with Gasteiger partial charge >= 0.3 is 0 Å². The number of hydrogen-bond acceptors (Lipinski definition) is 6. The average Bonchev–Trinajstić information content (AvgIpc) is 2.71. The van der Waals surface area contributed by atoms with Crippen LogP contribution in [0.2, 0.25) is 0 Å². The van der Waals surface area contributed by atoms with E-state index in [2.05, 4.69) is 17.6 Å². The Balaban J connectivity index is 3.34. The van der Waals surface area contributed by atoms with Crippen LogP contribution in [0, 0.1) is 0 Å². The topological polar surface area (TPSA) is 122 Å². The monoisotopic (exact) mass is 404 g/mol. The molecule has 168 valence electrons. The van der Waals surface area contributed by atoms with E-state index in [-0.39, 0.29) is 0 Å².